The minimum Gasteiger partial charge on any atom is -0.502 e. The minimum atomic E-state index is -0.268. The number of nitrogens with zero attached hydrogens (tertiary/aromatic N) is 6. The molecular weight excluding hydrogens is 1530 g/mol. The number of hydrogen-bond donors (Lipinski definition) is 6. The first kappa shape index (κ1) is 118. The first-order valence-electron chi connectivity index (χ1n) is 44.1. The fourth-order valence-electron chi connectivity index (χ4n) is 13.1. The van der Waals surface area contributed by atoms with E-state index in [0.717, 1.165) is 167 Å². The number of amides is 4. The summed E-state index contributed by atoms with van der Waals surface area (Å²) in [5, 5.41) is 17.5. The molecule has 20 nitrogen and oxygen atoms in total. The maximum atomic E-state index is 11.7. The van der Waals surface area contributed by atoms with Crippen LogP contribution < -0.4 is 36.6 Å². The number of likely N-dealkylation sites (N-methyl/N-ethyl adjacent to an activating group) is 1. The number of carbonyl (C=O) groups is 4. The van der Waals surface area contributed by atoms with Crippen molar-refractivity contribution in [3.05, 3.63) is 262 Å². The summed E-state index contributed by atoms with van der Waals surface area (Å²) in [5.41, 5.74) is 4.60. The van der Waals surface area contributed by atoms with Gasteiger partial charge in [-0.25, -0.2) is 4.99 Å². The second-order valence-corrected chi connectivity index (χ2v) is 31.4. The molecule has 2 saturated heterocycles. The molecule has 1 unspecified atom stereocenters. The Morgan fingerprint density at radius 3 is 1.24 bits per heavy atom. The Kier molecular flexibility index (Phi) is 75.0. The average molecular weight is 1700 g/mol. The van der Waals surface area contributed by atoms with E-state index in [4.69, 9.17) is 18.9 Å². The van der Waals surface area contributed by atoms with Crippen molar-refractivity contribution in [2.75, 3.05) is 149 Å². The summed E-state index contributed by atoms with van der Waals surface area (Å²) in [5.74, 6) is 3.03. The molecule has 0 spiro atoms. The zero-order valence-electron chi connectivity index (χ0n) is 78.4. The highest BCUT2D eigenvalue weighted by atomic mass is 16.5. The fraction of sp³-hybridized carbons (Fsp3) is 0.505. The second kappa shape index (κ2) is 78.5. The summed E-state index contributed by atoms with van der Waals surface area (Å²) in [6, 6.07) is 14.5. The van der Waals surface area contributed by atoms with E-state index in [1.807, 2.05) is 75.6 Å². The molecule has 688 valence electrons. The lowest BCUT2D eigenvalue weighted by Gasteiger charge is -2.34. The molecule has 0 radical (unpaired) electrons. The van der Waals surface area contributed by atoms with E-state index in [9.17, 15) is 19.2 Å². The third-order valence-electron chi connectivity index (χ3n) is 19.3. The van der Waals surface area contributed by atoms with Crippen LogP contribution in [0.1, 0.15) is 165 Å². The summed E-state index contributed by atoms with van der Waals surface area (Å²) in [4.78, 5) is 61.9. The van der Waals surface area contributed by atoms with Crippen molar-refractivity contribution in [3.8, 4) is 11.5 Å². The number of nitrogens with one attached hydrogen (secondary N) is 6. The molecule has 5 aliphatic rings. The van der Waals surface area contributed by atoms with Crippen LogP contribution in [0.3, 0.4) is 0 Å². The van der Waals surface area contributed by atoms with E-state index in [-0.39, 0.29) is 35.3 Å². The number of benzene rings is 2. The summed E-state index contributed by atoms with van der Waals surface area (Å²) < 4.78 is 21.1. The van der Waals surface area contributed by atoms with Crippen molar-refractivity contribution in [2.45, 2.75) is 189 Å². The number of rotatable bonds is 44. The van der Waals surface area contributed by atoms with Crippen LogP contribution in [-0.2, 0) is 33.4 Å². The van der Waals surface area contributed by atoms with Crippen LogP contribution in [0.5, 0.6) is 11.5 Å². The number of ether oxygens (including phenoxy) is 4. The molecule has 4 fully saturated rings. The number of aliphatic imine (C=N–C) groups is 1. The van der Waals surface area contributed by atoms with Crippen molar-refractivity contribution < 1.29 is 38.1 Å². The van der Waals surface area contributed by atoms with E-state index >= 15 is 0 Å². The summed E-state index contributed by atoms with van der Waals surface area (Å²) in [6.45, 7) is 99.8. The molecular formula is C103H168N12O8. The van der Waals surface area contributed by atoms with Gasteiger partial charge in [-0.15, -0.1) is 59.2 Å². The average Bonchev–Trinajstić information content (AvgIpc) is 1.73. The zero-order chi connectivity index (χ0) is 92.9. The van der Waals surface area contributed by atoms with Gasteiger partial charge in [0, 0.05) is 119 Å². The van der Waals surface area contributed by atoms with Gasteiger partial charge in [0.2, 0.25) is 29.5 Å². The van der Waals surface area contributed by atoms with Crippen molar-refractivity contribution in [2.24, 2.45) is 16.8 Å². The predicted molar refractivity (Wildman–Crippen MR) is 531 cm³/mol. The molecule has 4 amide bonds. The van der Waals surface area contributed by atoms with Crippen LogP contribution in [0.4, 0.5) is 11.4 Å². The van der Waals surface area contributed by atoms with Gasteiger partial charge in [-0.05, 0) is 264 Å². The monoisotopic (exact) mass is 1700 g/mol. The number of hydrogen-bond acceptors (Lipinski definition) is 16. The standard InChI is InChI=1S/C21H34N2O2.C18H16N2O3.C10H17NO.C10H17N.C9H15N.C8H17NO.C8H15N.C7H13N.C6H13NO.C6H11N/c1-14(2)20(24)22-18-9-5-16(6-10-18)13-17-7-11-19(12-8-17)23-21(25)15(3)4;1-3-17(21)19-13-5-9-15(10-6-13)23-16-11-7-14(8-12-16)20-18(22)4-2;1-7(2)9-11-10(4,5)6-8(3)12-9;1-5-7-11(8-6-2)9-10(3)4;1-4-7-10(8-5-2)9-6-3;1-4-9(5-2)7-8-10-6-3;1-2-6-9-7-4-3-5-8-9;1-2-5-8-6-3-4-7-8;1-3-8-6-4-5-7-2;1-3-5-7-6-4-2/h16-19H,1,3,5-13H2,2,4H3,(H,22,24)(H,23,25);3-12H,1-2H2,(H,19,21)(H,20,22);8H,1,6H2,2-5H3;5-6H,1-3,7-9H2,4H3;4-6H,1-3,7-9H2;6H,3-5,7-8H2,1-2H3;2H,1,3-8H2;2H,1,3-7H2;3,7H,1,4-6H2,2H3;3-4,7H,1-2,5-6H2. The normalized spacial score (nSPS) is 16.9. The van der Waals surface area contributed by atoms with Gasteiger partial charge in [0.1, 0.15) is 11.5 Å². The third kappa shape index (κ3) is 67.6. The first-order chi connectivity index (χ1) is 58.9. The summed E-state index contributed by atoms with van der Waals surface area (Å²) >= 11 is 0. The van der Waals surface area contributed by atoms with Crippen LogP contribution >= 0.6 is 0 Å². The maximum Gasteiger partial charge on any atom is 0.247 e. The second-order valence-electron chi connectivity index (χ2n) is 31.4. The maximum absolute atomic E-state index is 11.7. The van der Waals surface area contributed by atoms with Gasteiger partial charge >= 0.3 is 0 Å². The third-order valence-corrected chi connectivity index (χ3v) is 19.3. The SMILES string of the molecule is C=C(C)C(=O)NC1CCC(CC2CCC(NC(=O)C(=C)C)CC2)CC1.C=C(C)C1=NC(C)(C)CC(C)O1.C=CC(=O)Nc1ccc(Oc2ccc(NC(=O)C=C)cc2)cc1.C=CCN(CC=C)CC(=C)C.C=CCN(CC=C)CC=C.C=CCN1CCCC1.C=CCN1CCCCC1.C=CCNCC=C.C=COCCCNC.C=COCCN(CC)CC. The lowest BCUT2D eigenvalue weighted by atomic mass is 9.75. The molecule has 2 aromatic carbocycles. The molecule has 3 aliphatic heterocycles. The predicted octanol–water partition coefficient (Wildman–Crippen LogP) is 20.4. The summed E-state index contributed by atoms with van der Waals surface area (Å²) in [7, 11) is 1.92. The molecule has 1 atom stereocenters. The van der Waals surface area contributed by atoms with Gasteiger partial charge in [-0.2, -0.15) is 0 Å². The van der Waals surface area contributed by atoms with E-state index in [2.05, 4.69) is 208 Å². The van der Waals surface area contributed by atoms with Gasteiger partial charge in [0.25, 0.3) is 0 Å². The fourth-order valence-corrected chi connectivity index (χ4v) is 13.1. The summed E-state index contributed by atoms with van der Waals surface area (Å²) in [6.07, 6.45) is 42.2. The van der Waals surface area contributed by atoms with Crippen LogP contribution in [0.25, 0.3) is 0 Å². The smallest absolute Gasteiger partial charge is 0.247 e. The lowest BCUT2D eigenvalue weighted by Crippen LogP contribution is -2.39. The molecule has 0 aromatic heterocycles. The quantitative estimate of drug-likeness (QED) is 0.0158. The van der Waals surface area contributed by atoms with Crippen LogP contribution in [0.2, 0.25) is 0 Å². The topological polar surface area (TPSA) is 206 Å². The van der Waals surface area contributed by atoms with E-state index in [0.29, 0.717) is 46.1 Å². The Morgan fingerprint density at radius 1 is 0.528 bits per heavy atom. The van der Waals surface area contributed by atoms with Crippen molar-refractivity contribution in [3.63, 3.8) is 0 Å². The molecule has 2 aliphatic carbocycles. The molecule has 2 saturated carbocycles. The van der Waals surface area contributed by atoms with Crippen LogP contribution in [0.15, 0.2) is 267 Å². The Labute approximate surface area is 748 Å². The van der Waals surface area contributed by atoms with Crippen LogP contribution in [0, 0.1) is 11.8 Å². The molecule has 123 heavy (non-hydrogen) atoms. The zero-order valence-corrected chi connectivity index (χ0v) is 78.4. The molecule has 0 bridgehead atoms. The number of piperidine rings is 1. The van der Waals surface area contributed by atoms with E-state index in [1.165, 1.54) is 121 Å². The Hall–Kier alpha value is -9.51. The minimum absolute atomic E-state index is 0.00131. The first-order valence-corrected chi connectivity index (χ1v) is 44.1. The number of anilines is 2. The number of carbonyl (C=O) groups excluding carboxylic acids is 4. The van der Waals surface area contributed by atoms with E-state index < -0.39 is 0 Å². The Bertz CT molecular complexity index is 3210. The highest BCUT2D eigenvalue weighted by Gasteiger charge is 2.30. The van der Waals surface area contributed by atoms with Gasteiger partial charge in [-0.3, -0.25) is 38.8 Å². The Morgan fingerprint density at radius 2 is 0.919 bits per heavy atom. The van der Waals surface area contributed by atoms with Gasteiger partial charge in [0.15, 0.2) is 0 Å². The van der Waals surface area contributed by atoms with Crippen molar-refractivity contribution >= 4 is 40.9 Å². The molecule has 20 heteroatoms. The molecule has 6 N–H and O–H groups in total. The van der Waals surface area contributed by atoms with Gasteiger partial charge in [-0.1, -0.05) is 133 Å². The number of likely N-dealkylation sites (tertiary alicyclic amines) is 2. The van der Waals surface area contributed by atoms with Gasteiger partial charge < -0.3 is 55.7 Å². The lowest BCUT2D eigenvalue weighted by molar-refractivity contribution is -0.119. The molecule has 3 heterocycles. The van der Waals surface area contributed by atoms with Crippen LogP contribution in [-0.4, -0.2) is 216 Å². The van der Waals surface area contributed by atoms with Crippen molar-refractivity contribution in [1.82, 2.24) is 45.8 Å². The highest BCUT2D eigenvalue weighted by Crippen LogP contribution is 2.36. The molecule has 7 rings (SSSR count). The Balaban J connectivity index is -0.00000135. The van der Waals surface area contributed by atoms with Gasteiger partial charge in [0.05, 0.1) is 37.4 Å². The van der Waals surface area contributed by atoms with E-state index in [1.54, 1.807) is 62.4 Å². The highest BCUT2D eigenvalue weighted by molar-refractivity contribution is 5.99. The van der Waals surface area contributed by atoms with Crippen molar-refractivity contribution in [1.29, 1.82) is 0 Å². The molecule has 2 aromatic rings. The largest absolute Gasteiger partial charge is 0.502 e.